The van der Waals surface area contributed by atoms with Crippen molar-refractivity contribution in [2.45, 2.75) is 6.54 Å². The second kappa shape index (κ2) is 6.61. The minimum absolute atomic E-state index is 0.122. The number of nitrogens with zero attached hydrogens (tertiary/aromatic N) is 4. The Balaban J connectivity index is 1.64. The van der Waals surface area contributed by atoms with Crippen LogP contribution >= 0.6 is 11.6 Å². The lowest BCUT2D eigenvalue weighted by Crippen LogP contribution is -2.21. The maximum atomic E-state index is 12.6. The fraction of sp³-hybridized carbons (Fsp3) is 0.111. The second-order valence-electron chi connectivity index (χ2n) is 5.57. The molecule has 0 radical (unpaired) electrons. The summed E-state index contributed by atoms with van der Waals surface area (Å²) in [6.45, 7) is 0.122. The van der Waals surface area contributed by atoms with E-state index in [0.717, 1.165) is 11.3 Å². The normalized spacial score (nSPS) is 11.0. The molecule has 0 aliphatic heterocycles. The van der Waals surface area contributed by atoms with E-state index in [9.17, 15) is 4.79 Å². The maximum absolute atomic E-state index is 12.6. The van der Waals surface area contributed by atoms with E-state index in [4.69, 9.17) is 20.8 Å². The molecular formula is C18H13ClN4O3. The monoisotopic (exact) mass is 368 g/mol. The van der Waals surface area contributed by atoms with Crippen molar-refractivity contribution in [3.63, 3.8) is 0 Å². The molecule has 2 heterocycles. The summed E-state index contributed by atoms with van der Waals surface area (Å²) in [5.74, 6) is 1.41. The fourth-order valence-electron chi connectivity index (χ4n) is 2.56. The number of hydrogen-bond acceptors (Lipinski definition) is 6. The molecule has 0 unspecified atom stereocenters. The van der Waals surface area contributed by atoms with Gasteiger partial charge in [0.05, 0.1) is 24.3 Å². The SMILES string of the molecule is COc1ccc(-c2nnc(Cn3cnc4ccc(Cl)cc4c3=O)o2)cc1. The molecule has 0 aliphatic carbocycles. The number of ether oxygens (including phenoxy) is 1. The van der Waals surface area contributed by atoms with Gasteiger partial charge in [0.1, 0.15) is 12.3 Å². The summed E-state index contributed by atoms with van der Waals surface area (Å²) in [4.78, 5) is 16.9. The van der Waals surface area contributed by atoms with Gasteiger partial charge in [-0.25, -0.2) is 4.98 Å². The lowest BCUT2D eigenvalue weighted by molar-refractivity contribution is 0.415. The van der Waals surface area contributed by atoms with E-state index in [-0.39, 0.29) is 12.1 Å². The van der Waals surface area contributed by atoms with Gasteiger partial charge in [0.25, 0.3) is 5.56 Å². The molecule has 26 heavy (non-hydrogen) atoms. The third-order valence-electron chi connectivity index (χ3n) is 3.90. The van der Waals surface area contributed by atoms with Crippen LogP contribution in [0.15, 0.2) is 58.0 Å². The molecule has 4 aromatic rings. The zero-order valence-corrected chi connectivity index (χ0v) is 14.5. The van der Waals surface area contributed by atoms with Crippen molar-refractivity contribution >= 4 is 22.5 Å². The number of methoxy groups -OCH3 is 1. The van der Waals surface area contributed by atoms with Gasteiger partial charge in [-0.05, 0) is 42.5 Å². The first-order valence-corrected chi connectivity index (χ1v) is 8.13. The van der Waals surface area contributed by atoms with Crippen molar-refractivity contribution in [1.82, 2.24) is 19.7 Å². The van der Waals surface area contributed by atoms with Crippen molar-refractivity contribution < 1.29 is 9.15 Å². The van der Waals surface area contributed by atoms with E-state index < -0.39 is 0 Å². The smallest absolute Gasteiger partial charge is 0.261 e. The Kier molecular flexibility index (Phi) is 4.14. The first kappa shape index (κ1) is 16.3. The van der Waals surface area contributed by atoms with E-state index in [1.54, 1.807) is 37.4 Å². The summed E-state index contributed by atoms with van der Waals surface area (Å²) < 4.78 is 12.2. The van der Waals surface area contributed by atoms with Crippen molar-refractivity contribution in [3.8, 4) is 17.2 Å². The van der Waals surface area contributed by atoms with Crippen LogP contribution in [0.1, 0.15) is 5.89 Å². The molecule has 2 aromatic carbocycles. The Labute approximate surface area is 152 Å². The van der Waals surface area contributed by atoms with E-state index in [1.807, 2.05) is 12.1 Å². The molecule has 0 bridgehead atoms. The highest BCUT2D eigenvalue weighted by molar-refractivity contribution is 6.31. The first-order valence-electron chi connectivity index (χ1n) is 7.75. The van der Waals surface area contributed by atoms with Gasteiger partial charge in [-0.15, -0.1) is 10.2 Å². The summed E-state index contributed by atoms with van der Waals surface area (Å²) in [7, 11) is 1.60. The number of aromatic nitrogens is 4. The summed E-state index contributed by atoms with van der Waals surface area (Å²) in [5, 5.41) is 8.96. The Hall–Kier alpha value is -3.19. The minimum Gasteiger partial charge on any atom is -0.497 e. The molecule has 7 nitrogen and oxygen atoms in total. The summed E-state index contributed by atoms with van der Waals surface area (Å²) in [6, 6.07) is 12.3. The lowest BCUT2D eigenvalue weighted by atomic mass is 10.2. The Morgan fingerprint density at radius 2 is 1.96 bits per heavy atom. The lowest BCUT2D eigenvalue weighted by Gasteiger charge is -2.04. The zero-order valence-electron chi connectivity index (χ0n) is 13.7. The van der Waals surface area contributed by atoms with E-state index in [0.29, 0.717) is 27.7 Å². The first-order chi connectivity index (χ1) is 12.6. The summed E-state index contributed by atoms with van der Waals surface area (Å²) >= 11 is 5.97. The third-order valence-corrected chi connectivity index (χ3v) is 4.13. The number of rotatable bonds is 4. The minimum atomic E-state index is -0.221. The van der Waals surface area contributed by atoms with Gasteiger partial charge >= 0.3 is 0 Å². The van der Waals surface area contributed by atoms with Gasteiger partial charge in [0.15, 0.2) is 0 Å². The molecule has 130 valence electrons. The fourth-order valence-corrected chi connectivity index (χ4v) is 2.73. The molecule has 0 saturated carbocycles. The van der Waals surface area contributed by atoms with Gasteiger partial charge in [-0.3, -0.25) is 9.36 Å². The number of fused-ring (bicyclic) bond motifs is 1. The average molecular weight is 369 g/mol. The number of benzene rings is 2. The molecule has 0 atom stereocenters. The van der Waals surface area contributed by atoms with Crippen molar-refractivity contribution in [2.24, 2.45) is 0 Å². The molecule has 8 heteroatoms. The summed E-state index contributed by atoms with van der Waals surface area (Å²) in [6.07, 6.45) is 1.45. The van der Waals surface area contributed by atoms with Crippen molar-refractivity contribution in [2.75, 3.05) is 7.11 Å². The topological polar surface area (TPSA) is 83.0 Å². The Morgan fingerprint density at radius 3 is 2.73 bits per heavy atom. The molecular weight excluding hydrogens is 356 g/mol. The van der Waals surface area contributed by atoms with Crippen LogP contribution in [0.5, 0.6) is 5.75 Å². The molecule has 2 aromatic heterocycles. The Bertz CT molecular complexity index is 1140. The van der Waals surface area contributed by atoms with Crippen molar-refractivity contribution in [3.05, 3.63) is 70.1 Å². The van der Waals surface area contributed by atoms with Crippen LogP contribution in [-0.4, -0.2) is 26.9 Å². The predicted octanol–water partition coefficient (Wildman–Crippen LogP) is 3.16. The molecule has 0 saturated heterocycles. The highest BCUT2D eigenvalue weighted by Gasteiger charge is 2.11. The molecule has 0 spiro atoms. The largest absolute Gasteiger partial charge is 0.497 e. The number of halogens is 1. The number of hydrogen-bond donors (Lipinski definition) is 0. The molecule has 0 amide bonds. The van der Waals surface area contributed by atoms with Crippen LogP contribution in [0.4, 0.5) is 0 Å². The van der Waals surface area contributed by atoms with E-state index >= 15 is 0 Å². The van der Waals surface area contributed by atoms with Crippen molar-refractivity contribution in [1.29, 1.82) is 0 Å². The van der Waals surface area contributed by atoms with Gasteiger partial charge in [0.2, 0.25) is 11.8 Å². The van der Waals surface area contributed by atoms with Crippen LogP contribution in [0.3, 0.4) is 0 Å². The van der Waals surface area contributed by atoms with Crippen LogP contribution in [0.25, 0.3) is 22.4 Å². The third kappa shape index (κ3) is 3.04. The molecule has 0 fully saturated rings. The molecule has 0 N–H and O–H groups in total. The predicted molar refractivity (Wildman–Crippen MR) is 96.4 cm³/mol. The van der Waals surface area contributed by atoms with Gasteiger partial charge in [-0.1, -0.05) is 11.6 Å². The Morgan fingerprint density at radius 1 is 1.15 bits per heavy atom. The van der Waals surface area contributed by atoms with Crippen LogP contribution < -0.4 is 10.3 Å². The maximum Gasteiger partial charge on any atom is 0.261 e. The summed E-state index contributed by atoms with van der Waals surface area (Å²) in [5.41, 5.74) is 1.13. The zero-order chi connectivity index (χ0) is 18.1. The van der Waals surface area contributed by atoms with Crippen LogP contribution in [0.2, 0.25) is 5.02 Å². The average Bonchev–Trinajstić information content (AvgIpc) is 3.13. The van der Waals surface area contributed by atoms with E-state index in [2.05, 4.69) is 15.2 Å². The van der Waals surface area contributed by atoms with E-state index in [1.165, 1.54) is 10.9 Å². The highest BCUT2D eigenvalue weighted by Crippen LogP contribution is 2.21. The standard InChI is InChI=1S/C18H13ClN4O3/c1-25-13-5-2-11(3-6-13)17-22-21-16(26-17)9-23-10-20-15-7-4-12(19)8-14(15)18(23)24/h2-8,10H,9H2,1H3. The van der Waals surface area contributed by atoms with Gasteiger partial charge in [-0.2, -0.15) is 0 Å². The molecule has 4 rings (SSSR count). The van der Waals surface area contributed by atoms with Gasteiger partial charge in [0, 0.05) is 10.6 Å². The highest BCUT2D eigenvalue weighted by atomic mass is 35.5. The van der Waals surface area contributed by atoms with Crippen LogP contribution in [-0.2, 0) is 6.54 Å². The quantitative estimate of drug-likeness (QED) is 0.550. The van der Waals surface area contributed by atoms with Gasteiger partial charge < -0.3 is 9.15 Å². The van der Waals surface area contributed by atoms with Crippen LogP contribution in [0, 0.1) is 0 Å². The second-order valence-corrected chi connectivity index (χ2v) is 6.00. The molecule has 0 aliphatic rings.